The van der Waals surface area contributed by atoms with Crippen LogP contribution in [-0.2, 0) is 32.1 Å². The highest BCUT2D eigenvalue weighted by molar-refractivity contribution is 7.13. The molecule has 414 valence electrons. The van der Waals surface area contributed by atoms with Crippen molar-refractivity contribution in [3.63, 3.8) is 0 Å². The summed E-state index contributed by atoms with van der Waals surface area (Å²) in [6.07, 6.45) is 2.44. The van der Waals surface area contributed by atoms with Crippen LogP contribution in [0.15, 0.2) is 70.7 Å². The number of aryl methyl sites for hydroxylation is 2. The molecule has 1 aliphatic heterocycles. The minimum atomic E-state index is -2.01. The van der Waals surface area contributed by atoms with E-state index in [1.165, 1.54) is 39.3 Å². The zero-order valence-corrected chi connectivity index (χ0v) is 45.3. The molecule has 5 aromatic rings. The van der Waals surface area contributed by atoms with Gasteiger partial charge in [-0.15, -0.1) is 11.3 Å². The summed E-state index contributed by atoms with van der Waals surface area (Å²) >= 11 is 1.44. The summed E-state index contributed by atoms with van der Waals surface area (Å²) in [5.41, 5.74) is 3.94. The fourth-order valence-corrected chi connectivity index (χ4v) is 10.3. The summed E-state index contributed by atoms with van der Waals surface area (Å²) in [5, 5.41) is 39.3. The van der Waals surface area contributed by atoms with Gasteiger partial charge < -0.3 is 55.9 Å². The number of aromatic hydroxyl groups is 1. The van der Waals surface area contributed by atoms with Crippen molar-refractivity contribution in [2.24, 2.45) is 5.41 Å². The maximum Gasteiger partial charge on any atom is 0.273 e. The van der Waals surface area contributed by atoms with Crippen LogP contribution in [0.3, 0.4) is 0 Å². The van der Waals surface area contributed by atoms with E-state index in [1.807, 2.05) is 19.1 Å². The predicted octanol–water partition coefficient (Wildman–Crippen LogP) is 5.30. The van der Waals surface area contributed by atoms with Gasteiger partial charge in [0.2, 0.25) is 11.8 Å². The Balaban J connectivity index is 0.783. The average molecular weight is 1090 g/mol. The highest BCUT2D eigenvalue weighted by Crippen LogP contribution is 2.41. The molecule has 20 nitrogen and oxygen atoms in total. The summed E-state index contributed by atoms with van der Waals surface area (Å²) in [6.45, 7) is 7.32. The van der Waals surface area contributed by atoms with E-state index in [2.05, 4.69) is 36.7 Å². The number of unbranched alkanes of at least 4 members (excludes halogenated alkanes) is 2. The van der Waals surface area contributed by atoms with Gasteiger partial charge in [0.15, 0.2) is 23.7 Å². The number of ether oxygens (including phenoxy) is 1. The van der Waals surface area contributed by atoms with Crippen LogP contribution in [0.25, 0.3) is 21.8 Å². The van der Waals surface area contributed by atoms with Gasteiger partial charge in [-0.1, -0.05) is 50.2 Å². The molecular formula is C56H66FN9O11S. The number of carbonyl (C=O) groups is 7. The van der Waals surface area contributed by atoms with E-state index in [0.29, 0.717) is 67.6 Å². The standard InChI is InChI=1S/C56H66FN9O11S/c1-31-47(78-30-61-31)34-11-13-36(27-60-51(72)42-25-37(67)28-66(42)53(74)48(55(2,3)4)63-54(75)56(57)18-19-56)44(24-34)76-29-46(69)58-20-8-7-9-21-59-49(70)35-12-10-32-15-17-40(39(32)22-35)62-50(71)41-26-45(77-64-41)33-14-16-38(43(68)23-33)52(73)65(5)6/h10-14,16,22-24,26,30,37,40,42,48,67-68H,7-9,15,17-21,25,27-29H2,1-6H3,(H,58,69)(H,59,70)(H,60,72)(H,62,71)(H,63,75)/t37-,40?,42+,48-/m1/s1. The lowest BCUT2D eigenvalue weighted by molar-refractivity contribution is -0.145. The molecule has 8 rings (SSSR count). The maximum atomic E-state index is 14.7. The second kappa shape index (κ2) is 23.9. The molecule has 7 N–H and O–H groups in total. The molecule has 2 fully saturated rings. The molecule has 0 radical (unpaired) electrons. The number of likely N-dealkylation sites (tertiary alicyclic amines) is 1. The predicted molar refractivity (Wildman–Crippen MR) is 286 cm³/mol. The second-order valence-corrected chi connectivity index (χ2v) is 22.2. The highest BCUT2D eigenvalue weighted by atomic mass is 32.1. The molecule has 1 saturated carbocycles. The third kappa shape index (κ3) is 13.3. The number of aliphatic hydroxyl groups excluding tert-OH is 1. The lowest BCUT2D eigenvalue weighted by atomic mass is 9.85. The van der Waals surface area contributed by atoms with Gasteiger partial charge in [0.25, 0.3) is 29.5 Å². The number of benzene rings is 3. The van der Waals surface area contributed by atoms with Crippen LogP contribution < -0.4 is 31.3 Å². The maximum absolute atomic E-state index is 14.7. The third-order valence-corrected chi connectivity index (χ3v) is 15.1. The molecule has 7 amide bonds. The first-order chi connectivity index (χ1) is 37.1. The quantitative estimate of drug-likeness (QED) is 0.0460. The van der Waals surface area contributed by atoms with Gasteiger partial charge in [-0.3, -0.25) is 33.6 Å². The largest absolute Gasteiger partial charge is 0.507 e. The van der Waals surface area contributed by atoms with E-state index >= 15 is 0 Å². The summed E-state index contributed by atoms with van der Waals surface area (Å²) in [5.74, 6) is -3.12. The number of hydrogen-bond donors (Lipinski definition) is 7. The molecule has 0 spiro atoms. The van der Waals surface area contributed by atoms with Gasteiger partial charge in [0.1, 0.15) is 23.6 Å². The van der Waals surface area contributed by atoms with Gasteiger partial charge in [-0.2, -0.15) is 0 Å². The number of amides is 7. The number of carbonyl (C=O) groups excluding carboxylic acids is 7. The number of fused-ring (bicyclic) bond motifs is 1. The minimum Gasteiger partial charge on any atom is -0.507 e. The van der Waals surface area contributed by atoms with Gasteiger partial charge >= 0.3 is 0 Å². The summed E-state index contributed by atoms with van der Waals surface area (Å²) in [6, 6.07) is 14.2. The van der Waals surface area contributed by atoms with Crippen LogP contribution in [0, 0.1) is 12.3 Å². The normalized spacial score (nSPS) is 17.6. The number of aliphatic hydroxyl groups is 1. The van der Waals surface area contributed by atoms with Gasteiger partial charge in [0, 0.05) is 69.5 Å². The lowest BCUT2D eigenvalue weighted by Crippen LogP contribution is -2.59. The Labute approximate surface area is 454 Å². The van der Waals surface area contributed by atoms with Gasteiger partial charge in [-0.05, 0) is 104 Å². The van der Waals surface area contributed by atoms with Crippen LogP contribution in [0.5, 0.6) is 11.5 Å². The number of nitrogens with zero attached hydrogens (tertiary/aromatic N) is 4. The number of halogens is 1. The summed E-state index contributed by atoms with van der Waals surface area (Å²) in [7, 11) is 3.16. The van der Waals surface area contributed by atoms with Gasteiger partial charge in [-0.25, -0.2) is 9.37 Å². The molecule has 3 heterocycles. The molecule has 2 aliphatic carbocycles. The van der Waals surface area contributed by atoms with Crippen LogP contribution in [0.1, 0.15) is 125 Å². The first-order valence-corrected chi connectivity index (χ1v) is 26.9. The third-order valence-electron chi connectivity index (χ3n) is 14.1. The van der Waals surface area contributed by atoms with Crippen LogP contribution in [0.2, 0.25) is 0 Å². The van der Waals surface area contributed by atoms with Crippen LogP contribution in [0.4, 0.5) is 4.39 Å². The molecule has 22 heteroatoms. The monoisotopic (exact) mass is 1090 g/mol. The van der Waals surface area contributed by atoms with Crippen molar-refractivity contribution < 1.29 is 57.4 Å². The number of thiazole rings is 1. The Morgan fingerprint density at radius 3 is 2.37 bits per heavy atom. The van der Waals surface area contributed by atoms with E-state index in [0.717, 1.165) is 27.3 Å². The van der Waals surface area contributed by atoms with Crippen LogP contribution >= 0.6 is 11.3 Å². The summed E-state index contributed by atoms with van der Waals surface area (Å²) < 4.78 is 26.1. The Kier molecular flexibility index (Phi) is 17.3. The number of nitrogens with one attached hydrogen (secondary N) is 5. The van der Waals surface area contributed by atoms with E-state index in [1.54, 1.807) is 70.7 Å². The molecule has 4 atom stereocenters. The number of aromatic nitrogens is 2. The molecule has 3 aromatic carbocycles. The van der Waals surface area contributed by atoms with Gasteiger partial charge in [0.05, 0.1) is 33.8 Å². The molecule has 78 heavy (non-hydrogen) atoms. The van der Waals surface area contributed by atoms with E-state index in [4.69, 9.17) is 9.26 Å². The van der Waals surface area contributed by atoms with E-state index in [9.17, 15) is 48.2 Å². The first kappa shape index (κ1) is 56.5. The second-order valence-electron chi connectivity index (χ2n) is 21.4. The fraction of sp³-hybridized carbons (Fsp3) is 0.446. The van der Waals surface area contributed by atoms with E-state index < -0.39 is 52.9 Å². The molecule has 1 saturated heterocycles. The number of phenols is 1. The first-order valence-electron chi connectivity index (χ1n) is 26.0. The van der Waals surface area contributed by atoms with Crippen molar-refractivity contribution in [3.8, 4) is 33.3 Å². The number of rotatable bonds is 21. The number of β-amino-alcohol motifs (C(OH)–C–C–N with tert-alkyl or cyclic N) is 1. The number of alkyl halides is 1. The fourth-order valence-electron chi connectivity index (χ4n) is 9.48. The van der Waals surface area contributed by atoms with Crippen molar-refractivity contribution in [3.05, 3.63) is 105 Å². The smallest absolute Gasteiger partial charge is 0.273 e. The Hall–Kier alpha value is -7.72. The zero-order chi connectivity index (χ0) is 56.1. The van der Waals surface area contributed by atoms with Crippen molar-refractivity contribution in [2.45, 2.75) is 116 Å². The van der Waals surface area contributed by atoms with Crippen molar-refractivity contribution in [1.82, 2.24) is 46.5 Å². The van der Waals surface area contributed by atoms with E-state index in [-0.39, 0.29) is 85.5 Å². The zero-order valence-electron chi connectivity index (χ0n) is 44.5. The molecular weight excluding hydrogens is 1030 g/mol. The minimum absolute atomic E-state index is 0.0318. The average Bonchev–Trinajstić information content (AvgIpc) is 3.88. The lowest BCUT2D eigenvalue weighted by Gasteiger charge is -2.35. The SMILES string of the molecule is Cc1ncsc1-c1ccc(CNC(=O)[C@@H]2C[C@@H](O)CN2C(=O)[C@@H](NC(=O)C2(F)CC2)C(C)(C)C)c(OCC(=O)NCCCCCNC(=O)c2ccc3c(c2)C(NC(=O)c2cc(-c4ccc(C(=O)N(C)C)c(O)c4)on2)CC3)c1. The van der Waals surface area contributed by atoms with Crippen molar-refractivity contribution >= 4 is 52.7 Å². The Morgan fingerprint density at radius 1 is 0.936 bits per heavy atom. The number of phenolic OH excluding ortho intramolecular Hbond substituents is 1. The molecule has 2 aromatic heterocycles. The Bertz CT molecular complexity index is 3090. The van der Waals surface area contributed by atoms with Crippen LogP contribution in [-0.4, -0.2) is 136 Å². The summed E-state index contributed by atoms with van der Waals surface area (Å²) in [4.78, 5) is 100. The Morgan fingerprint density at radius 2 is 1.68 bits per heavy atom. The molecule has 3 aliphatic rings. The van der Waals surface area contributed by atoms with Crippen molar-refractivity contribution in [2.75, 3.05) is 40.3 Å². The number of hydrogen-bond acceptors (Lipinski definition) is 14. The van der Waals surface area contributed by atoms with Crippen molar-refractivity contribution in [1.29, 1.82) is 0 Å². The highest BCUT2D eigenvalue weighted by Gasteiger charge is 2.53. The molecule has 0 bridgehead atoms. The topological polar surface area (TPSA) is 275 Å². The molecule has 1 unspecified atom stereocenters.